The maximum atomic E-state index is 12.2. The predicted octanol–water partition coefficient (Wildman–Crippen LogP) is 2.49. The molecule has 0 aliphatic carbocycles. The van der Waals surface area contributed by atoms with E-state index in [0.717, 1.165) is 5.56 Å². The molecular formula is C18H26N2O4. The summed E-state index contributed by atoms with van der Waals surface area (Å²) in [6.07, 6.45) is 0.138. The molecule has 1 aromatic carbocycles. The van der Waals surface area contributed by atoms with Crippen LogP contribution in [0, 0.1) is 5.92 Å². The van der Waals surface area contributed by atoms with Crippen molar-refractivity contribution in [2.45, 2.75) is 45.4 Å². The number of nitrogens with one attached hydrogen (secondary N) is 1. The van der Waals surface area contributed by atoms with Crippen LogP contribution in [0.2, 0.25) is 0 Å². The number of aliphatic carboxylic acids is 1. The highest BCUT2D eigenvalue weighted by molar-refractivity contribution is 5.74. The van der Waals surface area contributed by atoms with Crippen LogP contribution in [0.25, 0.3) is 0 Å². The molecule has 132 valence electrons. The van der Waals surface area contributed by atoms with Gasteiger partial charge in [0.05, 0.1) is 5.92 Å². The van der Waals surface area contributed by atoms with Gasteiger partial charge in [0, 0.05) is 25.7 Å². The van der Waals surface area contributed by atoms with Gasteiger partial charge in [-0.25, -0.2) is 4.79 Å². The summed E-state index contributed by atoms with van der Waals surface area (Å²) >= 11 is 0. The number of hydrogen-bond donors (Lipinski definition) is 2. The second kappa shape index (κ2) is 7.66. The number of carboxylic acid groups (broad SMARTS) is 1. The average Bonchev–Trinajstić information content (AvgIpc) is 2.52. The van der Waals surface area contributed by atoms with Gasteiger partial charge in [0.25, 0.3) is 0 Å². The summed E-state index contributed by atoms with van der Waals surface area (Å²) in [5, 5.41) is 12.8. The van der Waals surface area contributed by atoms with Crippen LogP contribution < -0.4 is 5.32 Å². The third-order valence-electron chi connectivity index (χ3n) is 3.99. The highest BCUT2D eigenvalue weighted by Crippen LogP contribution is 2.21. The maximum absolute atomic E-state index is 12.2. The Bertz CT molecular complexity index is 568. The smallest absolute Gasteiger partial charge is 0.410 e. The van der Waals surface area contributed by atoms with Crippen molar-refractivity contribution in [1.29, 1.82) is 0 Å². The summed E-state index contributed by atoms with van der Waals surface area (Å²) in [4.78, 5) is 25.3. The van der Waals surface area contributed by atoms with E-state index in [1.807, 2.05) is 30.3 Å². The van der Waals surface area contributed by atoms with E-state index in [1.165, 1.54) is 4.90 Å². The lowest BCUT2D eigenvalue weighted by Gasteiger charge is -2.37. The van der Waals surface area contributed by atoms with Crippen molar-refractivity contribution in [3.05, 3.63) is 35.9 Å². The molecule has 1 saturated heterocycles. The standard InChI is InChI=1S/C18H26N2O4/c1-18(2,3)24-17(23)20-10-9-15(14(12-20)16(21)22)19-11-13-7-5-4-6-8-13/h4-8,14-15,19H,9-12H2,1-3H3,(H,21,22). The van der Waals surface area contributed by atoms with Crippen LogP contribution in [0.15, 0.2) is 30.3 Å². The van der Waals surface area contributed by atoms with Crippen LogP contribution in [0.4, 0.5) is 4.79 Å². The van der Waals surface area contributed by atoms with E-state index >= 15 is 0 Å². The van der Waals surface area contributed by atoms with Crippen LogP contribution in [0.3, 0.4) is 0 Å². The Hall–Kier alpha value is -2.08. The lowest BCUT2D eigenvalue weighted by Crippen LogP contribution is -2.54. The fourth-order valence-electron chi connectivity index (χ4n) is 2.78. The zero-order valence-corrected chi connectivity index (χ0v) is 14.5. The number of carbonyl (C=O) groups is 2. The van der Waals surface area contributed by atoms with Crippen LogP contribution in [0.1, 0.15) is 32.8 Å². The summed E-state index contributed by atoms with van der Waals surface area (Å²) in [6.45, 7) is 6.67. The maximum Gasteiger partial charge on any atom is 0.410 e. The fraction of sp³-hybridized carbons (Fsp3) is 0.556. The molecule has 0 saturated carbocycles. The summed E-state index contributed by atoms with van der Waals surface area (Å²) in [5.41, 5.74) is 0.522. The Kier molecular flexibility index (Phi) is 5.83. The minimum Gasteiger partial charge on any atom is -0.481 e. The molecule has 1 aliphatic rings. The van der Waals surface area contributed by atoms with Crippen LogP contribution >= 0.6 is 0 Å². The molecule has 2 unspecified atom stereocenters. The molecule has 1 fully saturated rings. The van der Waals surface area contributed by atoms with Crippen molar-refractivity contribution in [2.24, 2.45) is 5.92 Å². The van der Waals surface area contributed by atoms with Crippen molar-refractivity contribution in [3.63, 3.8) is 0 Å². The van der Waals surface area contributed by atoms with Gasteiger partial charge in [-0.15, -0.1) is 0 Å². The van der Waals surface area contributed by atoms with E-state index in [2.05, 4.69) is 5.32 Å². The zero-order valence-electron chi connectivity index (χ0n) is 14.5. The molecule has 2 atom stereocenters. The third-order valence-corrected chi connectivity index (χ3v) is 3.99. The molecule has 6 nitrogen and oxygen atoms in total. The first-order valence-corrected chi connectivity index (χ1v) is 8.24. The van der Waals surface area contributed by atoms with Crippen molar-refractivity contribution in [1.82, 2.24) is 10.2 Å². The lowest BCUT2D eigenvalue weighted by molar-refractivity contribution is -0.144. The van der Waals surface area contributed by atoms with Gasteiger partial charge in [0.1, 0.15) is 5.60 Å². The molecule has 1 heterocycles. The van der Waals surface area contributed by atoms with E-state index in [9.17, 15) is 14.7 Å². The van der Waals surface area contributed by atoms with E-state index < -0.39 is 23.6 Å². The second-order valence-electron chi connectivity index (χ2n) is 7.13. The van der Waals surface area contributed by atoms with E-state index in [-0.39, 0.29) is 12.6 Å². The highest BCUT2D eigenvalue weighted by Gasteiger charge is 2.37. The topological polar surface area (TPSA) is 78.9 Å². The Morgan fingerprint density at radius 3 is 2.54 bits per heavy atom. The molecule has 2 N–H and O–H groups in total. The number of rotatable bonds is 4. The number of benzene rings is 1. The minimum atomic E-state index is -0.895. The van der Waals surface area contributed by atoms with Gasteiger partial charge in [-0.1, -0.05) is 30.3 Å². The van der Waals surface area contributed by atoms with Gasteiger partial charge < -0.3 is 20.1 Å². The summed E-state index contributed by atoms with van der Waals surface area (Å²) in [6, 6.07) is 9.69. The van der Waals surface area contributed by atoms with E-state index in [4.69, 9.17) is 4.74 Å². The SMILES string of the molecule is CC(C)(C)OC(=O)N1CCC(NCc2ccccc2)C(C(=O)O)C1. The molecule has 0 aromatic heterocycles. The van der Waals surface area contributed by atoms with Crippen LogP contribution in [0.5, 0.6) is 0 Å². The summed E-state index contributed by atoms with van der Waals surface area (Å²) in [5.74, 6) is -1.54. The number of piperidine rings is 1. The van der Waals surface area contributed by atoms with Crippen LogP contribution in [-0.2, 0) is 16.1 Å². The molecule has 24 heavy (non-hydrogen) atoms. The molecule has 0 spiro atoms. The van der Waals surface area contributed by atoms with Crippen molar-refractivity contribution in [2.75, 3.05) is 13.1 Å². The van der Waals surface area contributed by atoms with Gasteiger partial charge >= 0.3 is 12.1 Å². The van der Waals surface area contributed by atoms with E-state index in [0.29, 0.717) is 19.5 Å². The first-order chi connectivity index (χ1) is 11.3. The molecule has 0 radical (unpaired) electrons. The molecular weight excluding hydrogens is 308 g/mol. The number of ether oxygens (including phenoxy) is 1. The minimum absolute atomic E-state index is 0.163. The Morgan fingerprint density at radius 2 is 1.96 bits per heavy atom. The monoisotopic (exact) mass is 334 g/mol. The zero-order chi connectivity index (χ0) is 17.7. The molecule has 1 aromatic rings. The number of hydrogen-bond acceptors (Lipinski definition) is 4. The summed E-state index contributed by atoms with van der Waals surface area (Å²) in [7, 11) is 0. The van der Waals surface area contributed by atoms with Gasteiger partial charge in [-0.05, 0) is 32.8 Å². The Labute approximate surface area is 142 Å². The highest BCUT2D eigenvalue weighted by atomic mass is 16.6. The first kappa shape index (κ1) is 18.3. The molecule has 2 rings (SSSR count). The molecule has 6 heteroatoms. The van der Waals surface area contributed by atoms with Crippen molar-refractivity contribution >= 4 is 12.1 Å². The first-order valence-electron chi connectivity index (χ1n) is 8.24. The number of amides is 1. The molecule has 0 bridgehead atoms. The Balaban J connectivity index is 1.95. The molecule has 1 aliphatic heterocycles. The third kappa shape index (κ3) is 5.23. The second-order valence-corrected chi connectivity index (χ2v) is 7.13. The van der Waals surface area contributed by atoms with Gasteiger partial charge in [0.2, 0.25) is 0 Å². The van der Waals surface area contributed by atoms with Crippen molar-refractivity contribution in [3.8, 4) is 0 Å². The number of likely N-dealkylation sites (tertiary alicyclic amines) is 1. The summed E-state index contributed by atoms with van der Waals surface area (Å²) < 4.78 is 5.34. The number of nitrogens with zero attached hydrogens (tertiary/aromatic N) is 1. The van der Waals surface area contributed by atoms with Crippen molar-refractivity contribution < 1.29 is 19.4 Å². The largest absolute Gasteiger partial charge is 0.481 e. The Morgan fingerprint density at radius 1 is 1.29 bits per heavy atom. The average molecular weight is 334 g/mol. The molecule has 1 amide bonds. The predicted molar refractivity (Wildman–Crippen MR) is 90.6 cm³/mol. The number of carbonyl (C=O) groups excluding carboxylic acids is 1. The lowest BCUT2D eigenvalue weighted by atomic mass is 9.92. The quantitative estimate of drug-likeness (QED) is 0.884. The normalized spacial score (nSPS) is 21.4. The fourth-order valence-corrected chi connectivity index (χ4v) is 2.78. The van der Waals surface area contributed by atoms with E-state index in [1.54, 1.807) is 20.8 Å². The number of carboxylic acids is 1. The van der Waals surface area contributed by atoms with Gasteiger partial charge in [-0.3, -0.25) is 4.79 Å². The van der Waals surface area contributed by atoms with Crippen LogP contribution in [-0.4, -0.2) is 46.8 Å². The van der Waals surface area contributed by atoms with Gasteiger partial charge in [-0.2, -0.15) is 0 Å². The van der Waals surface area contributed by atoms with Gasteiger partial charge in [0.15, 0.2) is 0 Å².